The van der Waals surface area contributed by atoms with E-state index in [9.17, 15) is 18.0 Å². The zero-order chi connectivity index (χ0) is 15.5. The first kappa shape index (κ1) is 16.2. The Bertz CT molecular complexity index is 484. The van der Waals surface area contributed by atoms with Crippen LogP contribution in [0.2, 0.25) is 0 Å². The maximum atomic E-state index is 12.4. The number of alkyl halides is 4. The lowest BCUT2D eigenvalue weighted by Crippen LogP contribution is -2.49. The molecule has 0 bridgehead atoms. The second kappa shape index (κ2) is 6.74. The monoisotopic (exact) mass is 365 g/mol. The van der Waals surface area contributed by atoms with E-state index in [-0.39, 0.29) is 11.6 Å². The minimum absolute atomic E-state index is 0.0527. The molecule has 2 rings (SSSR count). The van der Waals surface area contributed by atoms with Crippen LogP contribution in [0.1, 0.15) is 16.1 Å². The van der Waals surface area contributed by atoms with Crippen LogP contribution in [0.25, 0.3) is 0 Å². The number of nitrogens with zero attached hydrogens (tertiary/aromatic N) is 3. The summed E-state index contributed by atoms with van der Waals surface area (Å²) in [7, 11) is 0. The molecule has 1 fully saturated rings. The zero-order valence-electron chi connectivity index (χ0n) is 11.2. The molecule has 1 aromatic rings. The van der Waals surface area contributed by atoms with Crippen molar-refractivity contribution in [3.05, 3.63) is 29.6 Å². The van der Waals surface area contributed by atoms with Crippen LogP contribution in [-0.2, 0) is 6.18 Å². The number of halogens is 4. The van der Waals surface area contributed by atoms with Gasteiger partial charge in [-0.25, -0.2) is 0 Å². The molecular formula is C13H15BrF3N3O. The lowest BCUT2D eigenvalue weighted by molar-refractivity contribution is -0.137. The molecular weight excluding hydrogens is 351 g/mol. The van der Waals surface area contributed by atoms with E-state index < -0.39 is 11.7 Å². The molecule has 0 radical (unpaired) electrons. The molecule has 2 heterocycles. The standard InChI is InChI=1S/C13H15BrF3N3O/c14-3-4-19-5-7-20(8-6-19)12(21)11-2-1-10(9-18-11)13(15,16)17/h1-2,9H,3-8H2. The molecule has 1 aliphatic heterocycles. The molecule has 21 heavy (non-hydrogen) atoms. The van der Waals surface area contributed by atoms with Crippen molar-refractivity contribution >= 4 is 21.8 Å². The highest BCUT2D eigenvalue weighted by atomic mass is 79.9. The average Bonchev–Trinajstić information content (AvgIpc) is 2.47. The second-order valence-corrected chi connectivity index (χ2v) is 5.55. The number of aromatic nitrogens is 1. The van der Waals surface area contributed by atoms with E-state index in [2.05, 4.69) is 25.8 Å². The maximum absolute atomic E-state index is 12.4. The first-order valence-corrected chi connectivity index (χ1v) is 7.65. The van der Waals surface area contributed by atoms with Gasteiger partial charge in [0.25, 0.3) is 5.91 Å². The molecule has 116 valence electrons. The molecule has 0 N–H and O–H groups in total. The summed E-state index contributed by atoms with van der Waals surface area (Å²) in [6.07, 6.45) is -3.73. The SMILES string of the molecule is O=C(c1ccc(C(F)(F)F)cn1)N1CCN(CCBr)CC1. The Morgan fingerprint density at radius 3 is 2.38 bits per heavy atom. The number of rotatable bonds is 3. The summed E-state index contributed by atoms with van der Waals surface area (Å²) in [6.45, 7) is 3.57. The minimum atomic E-state index is -4.43. The molecule has 0 unspecified atom stereocenters. The van der Waals surface area contributed by atoms with Crippen molar-refractivity contribution < 1.29 is 18.0 Å². The van der Waals surface area contributed by atoms with Gasteiger partial charge in [0.15, 0.2) is 0 Å². The predicted octanol–water partition coefficient (Wildman–Crippen LogP) is 2.25. The molecule has 0 saturated carbocycles. The molecule has 1 aromatic heterocycles. The third-order valence-electron chi connectivity index (χ3n) is 3.37. The number of hydrogen-bond donors (Lipinski definition) is 0. The first-order valence-electron chi connectivity index (χ1n) is 6.52. The van der Waals surface area contributed by atoms with Gasteiger partial charge in [-0.05, 0) is 12.1 Å². The van der Waals surface area contributed by atoms with Crippen LogP contribution in [0, 0.1) is 0 Å². The van der Waals surface area contributed by atoms with Crippen LogP contribution in [0.15, 0.2) is 18.3 Å². The molecule has 8 heteroatoms. The van der Waals surface area contributed by atoms with Crippen molar-refractivity contribution in [1.29, 1.82) is 0 Å². The van der Waals surface area contributed by atoms with E-state index >= 15 is 0 Å². The second-order valence-electron chi connectivity index (χ2n) is 4.75. The summed E-state index contributed by atoms with van der Waals surface area (Å²) in [5, 5.41) is 0.876. The molecule has 1 aliphatic rings. The number of carbonyl (C=O) groups excluding carboxylic acids is 1. The predicted molar refractivity (Wildman–Crippen MR) is 75.4 cm³/mol. The van der Waals surface area contributed by atoms with E-state index in [0.29, 0.717) is 19.3 Å². The Hall–Kier alpha value is -1.15. The van der Waals surface area contributed by atoms with Crippen LogP contribution in [0.5, 0.6) is 0 Å². The van der Waals surface area contributed by atoms with Gasteiger partial charge in [-0.15, -0.1) is 0 Å². The normalized spacial score (nSPS) is 17.0. The quantitative estimate of drug-likeness (QED) is 0.771. The summed E-state index contributed by atoms with van der Waals surface area (Å²) in [6, 6.07) is 2.03. The third kappa shape index (κ3) is 4.16. The first-order chi connectivity index (χ1) is 9.91. The van der Waals surface area contributed by atoms with Gasteiger partial charge in [0.2, 0.25) is 0 Å². The van der Waals surface area contributed by atoms with Crippen molar-refractivity contribution in [2.75, 3.05) is 38.1 Å². The fourth-order valence-corrected chi connectivity index (χ4v) is 2.65. The fraction of sp³-hybridized carbons (Fsp3) is 0.538. The average molecular weight is 366 g/mol. The summed E-state index contributed by atoms with van der Waals surface area (Å²) in [5.74, 6) is -0.317. The van der Waals surface area contributed by atoms with E-state index in [4.69, 9.17) is 0 Å². The zero-order valence-corrected chi connectivity index (χ0v) is 12.8. The van der Waals surface area contributed by atoms with Crippen molar-refractivity contribution in [3.8, 4) is 0 Å². The highest BCUT2D eigenvalue weighted by molar-refractivity contribution is 9.09. The van der Waals surface area contributed by atoms with Crippen LogP contribution in [0.4, 0.5) is 13.2 Å². The van der Waals surface area contributed by atoms with Crippen molar-refractivity contribution in [3.63, 3.8) is 0 Å². The Morgan fingerprint density at radius 1 is 1.24 bits per heavy atom. The van der Waals surface area contributed by atoms with Crippen LogP contribution in [0.3, 0.4) is 0 Å². The van der Waals surface area contributed by atoms with Gasteiger partial charge in [-0.1, -0.05) is 15.9 Å². The maximum Gasteiger partial charge on any atom is 0.417 e. The van der Waals surface area contributed by atoms with Gasteiger partial charge in [-0.2, -0.15) is 13.2 Å². The van der Waals surface area contributed by atoms with E-state index in [1.165, 1.54) is 0 Å². The molecule has 4 nitrogen and oxygen atoms in total. The fourth-order valence-electron chi connectivity index (χ4n) is 2.14. The Labute approximate surface area is 129 Å². The molecule has 0 aromatic carbocycles. The number of amides is 1. The van der Waals surface area contributed by atoms with E-state index in [1.807, 2.05) is 0 Å². The largest absolute Gasteiger partial charge is 0.417 e. The van der Waals surface area contributed by atoms with Crippen LogP contribution >= 0.6 is 15.9 Å². The van der Waals surface area contributed by atoms with Crippen LogP contribution in [-0.4, -0.2) is 58.7 Å². The van der Waals surface area contributed by atoms with Gasteiger partial charge in [0.1, 0.15) is 5.69 Å². The number of piperazine rings is 1. The summed E-state index contributed by atoms with van der Waals surface area (Å²) in [5.41, 5.74) is -0.793. The van der Waals surface area contributed by atoms with Gasteiger partial charge in [0, 0.05) is 44.3 Å². The lowest BCUT2D eigenvalue weighted by Gasteiger charge is -2.34. The Kier molecular flexibility index (Phi) is 5.21. The summed E-state index contributed by atoms with van der Waals surface area (Å²) in [4.78, 5) is 19.7. The molecule has 0 spiro atoms. The molecule has 1 amide bonds. The molecule has 0 aliphatic carbocycles. The number of hydrogen-bond acceptors (Lipinski definition) is 3. The highest BCUT2D eigenvalue weighted by Crippen LogP contribution is 2.28. The summed E-state index contributed by atoms with van der Waals surface area (Å²) >= 11 is 3.36. The van der Waals surface area contributed by atoms with Gasteiger partial charge in [-0.3, -0.25) is 14.7 Å². The van der Waals surface area contributed by atoms with Crippen LogP contribution < -0.4 is 0 Å². The van der Waals surface area contributed by atoms with Gasteiger partial charge < -0.3 is 4.90 Å². The van der Waals surface area contributed by atoms with Gasteiger partial charge >= 0.3 is 6.18 Å². The van der Waals surface area contributed by atoms with Crippen molar-refractivity contribution in [2.45, 2.75) is 6.18 Å². The molecule has 1 saturated heterocycles. The third-order valence-corrected chi connectivity index (χ3v) is 3.72. The smallest absolute Gasteiger partial charge is 0.335 e. The van der Waals surface area contributed by atoms with Crippen molar-refractivity contribution in [2.24, 2.45) is 0 Å². The van der Waals surface area contributed by atoms with E-state index in [0.717, 1.165) is 37.1 Å². The number of pyridine rings is 1. The van der Waals surface area contributed by atoms with E-state index in [1.54, 1.807) is 4.90 Å². The summed E-state index contributed by atoms with van der Waals surface area (Å²) < 4.78 is 37.3. The van der Waals surface area contributed by atoms with Crippen molar-refractivity contribution in [1.82, 2.24) is 14.8 Å². The number of carbonyl (C=O) groups is 1. The minimum Gasteiger partial charge on any atom is -0.335 e. The lowest BCUT2D eigenvalue weighted by atomic mass is 10.2. The Morgan fingerprint density at radius 2 is 1.90 bits per heavy atom. The topological polar surface area (TPSA) is 36.4 Å². The molecule has 0 atom stereocenters. The Balaban J connectivity index is 1.98. The highest BCUT2D eigenvalue weighted by Gasteiger charge is 2.31. The van der Waals surface area contributed by atoms with Gasteiger partial charge in [0.05, 0.1) is 5.56 Å².